The molecule has 0 aromatic heterocycles. The minimum absolute atomic E-state index is 0.0648. The highest BCUT2D eigenvalue weighted by molar-refractivity contribution is 5.94. The number of benzene rings is 2. The van der Waals surface area contributed by atoms with Crippen LogP contribution in [0.4, 0.5) is 0 Å². The lowest BCUT2D eigenvalue weighted by Crippen LogP contribution is -2.59. The van der Waals surface area contributed by atoms with Gasteiger partial charge in [-0.2, -0.15) is 0 Å². The molecule has 2 rings (SSSR count). The third-order valence-electron chi connectivity index (χ3n) is 5.59. The summed E-state index contributed by atoms with van der Waals surface area (Å²) in [6.07, 6.45) is 0.302. The molecule has 3 amide bonds. The second kappa shape index (κ2) is 14.0. The predicted octanol–water partition coefficient (Wildman–Crippen LogP) is -0.0136. The van der Waals surface area contributed by atoms with Crippen LogP contribution in [0.1, 0.15) is 25.0 Å². The van der Waals surface area contributed by atoms with E-state index in [0.29, 0.717) is 0 Å². The zero-order chi connectivity index (χ0) is 26.7. The average Bonchev–Trinajstić information content (AvgIpc) is 2.85. The summed E-state index contributed by atoms with van der Waals surface area (Å²) in [6.45, 7) is 2.65. The van der Waals surface area contributed by atoms with Crippen LogP contribution in [0.5, 0.6) is 0 Å². The van der Waals surface area contributed by atoms with E-state index >= 15 is 0 Å². The van der Waals surface area contributed by atoms with E-state index in [0.717, 1.165) is 11.1 Å². The van der Waals surface area contributed by atoms with E-state index in [1.807, 2.05) is 30.3 Å². The van der Waals surface area contributed by atoms with Gasteiger partial charge in [0.2, 0.25) is 17.7 Å². The minimum atomic E-state index is -1.34. The largest absolute Gasteiger partial charge is 0.480 e. The Labute approximate surface area is 210 Å². The molecule has 10 nitrogen and oxygen atoms in total. The topological polar surface area (TPSA) is 171 Å². The number of hydrogen-bond donors (Lipinski definition) is 6. The van der Waals surface area contributed by atoms with Crippen LogP contribution in [0, 0.1) is 5.92 Å². The van der Waals surface area contributed by atoms with Crippen LogP contribution in [0.15, 0.2) is 60.7 Å². The van der Waals surface area contributed by atoms with Gasteiger partial charge in [-0.05, 0) is 23.5 Å². The number of aliphatic hydroxyl groups is 1. The standard InChI is InChI=1S/C26H34N4O6/c1-16(2)22(25(34)28-20(26(35)36)14-18-11-7-4-8-12-18)30-24(33)21(15-31)29-23(32)19(27)13-17-9-5-3-6-10-17/h3-12,16,19-22,31H,13-15,27H2,1-2H3,(H,28,34)(H,29,32)(H,30,33)(H,35,36). The number of aliphatic carboxylic acids is 1. The van der Waals surface area contributed by atoms with Crippen molar-refractivity contribution in [3.8, 4) is 0 Å². The zero-order valence-electron chi connectivity index (χ0n) is 20.4. The molecule has 2 aromatic carbocycles. The van der Waals surface area contributed by atoms with Crippen molar-refractivity contribution < 1.29 is 29.4 Å². The third kappa shape index (κ3) is 8.79. The van der Waals surface area contributed by atoms with Gasteiger partial charge >= 0.3 is 5.97 Å². The summed E-state index contributed by atoms with van der Waals surface area (Å²) in [4.78, 5) is 49.9. The second-order valence-electron chi connectivity index (χ2n) is 8.86. The summed E-state index contributed by atoms with van der Waals surface area (Å²) in [5, 5.41) is 26.7. The van der Waals surface area contributed by atoms with Crippen molar-refractivity contribution in [3.63, 3.8) is 0 Å². The molecule has 4 unspecified atom stereocenters. The fraction of sp³-hybridized carbons (Fsp3) is 0.385. The Kier molecular flexibility index (Phi) is 11.0. The first kappa shape index (κ1) is 28.5. The molecule has 36 heavy (non-hydrogen) atoms. The van der Waals surface area contributed by atoms with E-state index < -0.39 is 60.4 Å². The molecule has 0 saturated carbocycles. The summed E-state index contributed by atoms with van der Waals surface area (Å²) in [5.41, 5.74) is 7.52. The molecule has 4 atom stereocenters. The molecule has 0 heterocycles. The SMILES string of the molecule is CC(C)C(NC(=O)C(CO)NC(=O)C(N)Cc1ccccc1)C(=O)NC(Cc1ccccc1)C(=O)O. The van der Waals surface area contributed by atoms with Crippen LogP contribution in [0.2, 0.25) is 0 Å². The lowest BCUT2D eigenvalue weighted by Gasteiger charge is -2.26. The maximum Gasteiger partial charge on any atom is 0.326 e. The highest BCUT2D eigenvalue weighted by Gasteiger charge is 2.31. The fourth-order valence-electron chi connectivity index (χ4n) is 3.53. The molecule has 7 N–H and O–H groups in total. The molecule has 0 aliphatic rings. The van der Waals surface area contributed by atoms with E-state index in [1.54, 1.807) is 44.2 Å². The maximum absolute atomic E-state index is 12.9. The van der Waals surface area contributed by atoms with Crippen molar-refractivity contribution in [2.45, 2.75) is 50.9 Å². The molecule has 0 fully saturated rings. The quantitative estimate of drug-likeness (QED) is 0.225. The minimum Gasteiger partial charge on any atom is -0.480 e. The van der Waals surface area contributed by atoms with Crippen molar-refractivity contribution in [1.82, 2.24) is 16.0 Å². The lowest BCUT2D eigenvalue weighted by molar-refractivity contribution is -0.142. The van der Waals surface area contributed by atoms with Gasteiger partial charge < -0.3 is 31.9 Å². The third-order valence-corrected chi connectivity index (χ3v) is 5.59. The number of carboxylic acid groups (broad SMARTS) is 1. The van der Waals surface area contributed by atoms with Crippen LogP contribution in [0.25, 0.3) is 0 Å². The Bertz CT molecular complexity index is 1020. The number of nitrogens with two attached hydrogens (primary N) is 1. The van der Waals surface area contributed by atoms with Crippen LogP contribution < -0.4 is 21.7 Å². The molecule has 0 saturated heterocycles. The maximum atomic E-state index is 12.9. The molecule has 2 aromatic rings. The van der Waals surface area contributed by atoms with Crippen molar-refractivity contribution >= 4 is 23.7 Å². The summed E-state index contributed by atoms with van der Waals surface area (Å²) in [7, 11) is 0. The Hall–Kier alpha value is -3.76. The average molecular weight is 499 g/mol. The summed E-state index contributed by atoms with van der Waals surface area (Å²) in [5.74, 6) is -3.73. The van der Waals surface area contributed by atoms with Gasteiger partial charge in [0, 0.05) is 6.42 Å². The van der Waals surface area contributed by atoms with Crippen LogP contribution >= 0.6 is 0 Å². The molecule has 194 valence electrons. The first-order chi connectivity index (χ1) is 17.1. The monoisotopic (exact) mass is 498 g/mol. The van der Waals surface area contributed by atoms with E-state index in [1.165, 1.54) is 0 Å². The molecule has 0 aliphatic heterocycles. The van der Waals surface area contributed by atoms with Crippen LogP contribution in [-0.2, 0) is 32.0 Å². The van der Waals surface area contributed by atoms with E-state index in [4.69, 9.17) is 5.73 Å². The van der Waals surface area contributed by atoms with Crippen molar-refractivity contribution in [2.75, 3.05) is 6.61 Å². The molecule has 0 spiro atoms. The molecule has 10 heteroatoms. The predicted molar refractivity (Wildman–Crippen MR) is 134 cm³/mol. The Morgan fingerprint density at radius 3 is 1.72 bits per heavy atom. The zero-order valence-corrected chi connectivity index (χ0v) is 20.4. The van der Waals surface area contributed by atoms with Gasteiger partial charge in [-0.3, -0.25) is 14.4 Å². The van der Waals surface area contributed by atoms with Crippen molar-refractivity contribution in [1.29, 1.82) is 0 Å². The van der Waals surface area contributed by atoms with E-state index in [-0.39, 0.29) is 12.8 Å². The molecule has 0 bridgehead atoms. The number of amides is 3. The van der Waals surface area contributed by atoms with Gasteiger partial charge in [0.15, 0.2) is 0 Å². The second-order valence-corrected chi connectivity index (χ2v) is 8.86. The molecule has 0 aliphatic carbocycles. The van der Waals surface area contributed by atoms with Gasteiger partial charge in [-0.1, -0.05) is 74.5 Å². The van der Waals surface area contributed by atoms with Crippen LogP contribution in [-0.4, -0.2) is 64.7 Å². The Morgan fingerprint density at radius 2 is 1.25 bits per heavy atom. The van der Waals surface area contributed by atoms with Gasteiger partial charge in [-0.25, -0.2) is 4.79 Å². The number of hydrogen-bond acceptors (Lipinski definition) is 6. The number of aliphatic hydroxyl groups excluding tert-OH is 1. The molecular formula is C26H34N4O6. The first-order valence-electron chi connectivity index (χ1n) is 11.7. The summed E-state index contributed by atoms with van der Waals surface area (Å²) < 4.78 is 0. The number of carbonyl (C=O) groups is 4. The number of carbonyl (C=O) groups excluding carboxylic acids is 3. The highest BCUT2D eigenvalue weighted by atomic mass is 16.4. The highest BCUT2D eigenvalue weighted by Crippen LogP contribution is 2.08. The number of nitrogens with one attached hydrogen (secondary N) is 3. The molecular weight excluding hydrogens is 464 g/mol. The number of rotatable bonds is 13. The van der Waals surface area contributed by atoms with Gasteiger partial charge in [0.1, 0.15) is 18.1 Å². The Balaban J connectivity index is 2.01. The summed E-state index contributed by atoms with van der Waals surface area (Å²) >= 11 is 0. The fourth-order valence-corrected chi connectivity index (χ4v) is 3.53. The van der Waals surface area contributed by atoms with Crippen molar-refractivity contribution in [2.24, 2.45) is 11.7 Å². The summed E-state index contributed by atoms with van der Waals surface area (Å²) in [6, 6.07) is 13.3. The van der Waals surface area contributed by atoms with Crippen LogP contribution in [0.3, 0.4) is 0 Å². The smallest absolute Gasteiger partial charge is 0.326 e. The lowest BCUT2D eigenvalue weighted by atomic mass is 10.0. The van der Waals surface area contributed by atoms with Gasteiger partial charge in [0.05, 0.1) is 12.6 Å². The van der Waals surface area contributed by atoms with E-state index in [9.17, 15) is 29.4 Å². The molecule has 0 radical (unpaired) electrons. The van der Waals surface area contributed by atoms with Gasteiger partial charge in [-0.15, -0.1) is 0 Å². The Morgan fingerprint density at radius 1 is 0.750 bits per heavy atom. The van der Waals surface area contributed by atoms with Crippen molar-refractivity contribution in [3.05, 3.63) is 71.8 Å². The number of carboxylic acids is 1. The first-order valence-corrected chi connectivity index (χ1v) is 11.7. The van der Waals surface area contributed by atoms with E-state index in [2.05, 4.69) is 16.0 Å². The van der Waals surface area contributed by atoms with Gasteiger partial charge in [0.25, 0.3) is 0 Å². The normalized spacial score (nSPS) is 14.2.